The average molecular weight is 253 g/mol. The Morgan fingerprint density at radius 3 is 2.50 bits per heavy atom. The van der Waals surface area contributed by atoms with Gasteiger partial charge in [-0.25, -0.2) is 0 Å². The third kappa shape index (κ3) is 3.96. The molecular formula is C16H31NO. The van der Waals surface area contributed by atoms with Gasteiger partial charge < -0.3 is 10.1 Å². The molecule has 0 radical (unpaired) electrons. The Morgan fingerprint density at radius 2 is 1.89 bits per heavy atom. The molecule has 2 saturated carbocycles. The molecule has 0 heterocycles. The van der Waals surface area contributed by atoms with Crippen LogP contribution in [0, 0.1) is 11.8 Å². The third-order valence-corrected chi connectivity index (χ3v) is 4.81. The molecule has 0 bridgehead atoms. The minimum atomic E-state index is 0.579. The summed E-state index contributed by atoms with van der Waals surface area (Å²) in [7, 11) is 0. The lowest BCUT2D eigenvalue weighted by molar-refractivity contribution is -0.0306. The molecule has 0 saturated heterocycles. The molecule has 1 unspecified atom stereocenters. The van der Waals surface area contributed by atoms with Crippen molar-refractivity contribution in [2.45, 2.75) is 77.4 Å². The van der Waals surface area contributed by atoms with Gasteiger partial charge in [0.25, 0.3) is 0 Å². The van der Waals surface area contributed by atoms with Gasteiger partial charge in [0.15, 0.2) is 0 Å². The van der Waals surface area contributed by atoms with Crippen LogP contribution in [0.25, 0.3) is 0 Å². The van der Waals surface area contributed by atoms with Crippen molar-refractivity contribution in [3.05, 3.63) is 0 Å². The van der Waals surface area contributed by atoms with Gasteiger partial charge in [0.2, 0.25) is 0 Å². The highest BCUT2D eigenvalue weighted by molar-refractivity contribution is 4.88. The monoisotopic (exact) mass is 253 g/mol. The van der Waals surface area contributed by atoms with Crippen LogP contribution in [0.15, 0.2) is 0 Å². The maximum atomic E-state index is 5.68. The van der Waals surface area contributed by atoms with Gasteiger partial charge in [0.1, 0.15) is 0 Å². The quantitative estimate of drug-likeness (QED) is 0.711. The third-order valence-electron chi connectivity index (χ3n) is 4.81. The molecule has 0 aromatic rings. The SMILES string of the molecule is CCCNC(CC1CC(OCC)C1)C1CCCC1. The molecule has 2 heteroatoms. The summed E-state index contributed by atoms with van der Waals surface area (Å²) < 4.78 is 5.68. The maximum absolute atomic E-state index is 5.68. The van der Waals surface area contributed by atoms with Crippen molar-refractivity contribution >= 4 is 0 Å². The molecule has 0 aromatic heterocycles. The molecule has 2 aliphatic carbocycles. The molecule has 0 aromatic carbocycles. The van der Waals surface area contributed by atoms with Crippen molar-refractivity contribution in [3.8, 4) is 0 Å². The highest BCUT2D eigenvalue weighted by Gasteiger charge is 2.34. The van der Waals surface area contributed by atoms with Crippen LogP contribution in [0.3, 0.4) is 0 Å². The van der Waals surface area contributed by atoms with Gasteiger partial charge >= 0.3 is 0 Å². The fourth-order valence-corrected chi connectivity index (χ4v) is 3.73. The van der Waals surface area contributed by atoms with Gasteiger partial charge in [-0.1, -0.05) is 19.8 Å². The van der Waals surface area contributed by atoms with Crippen LogP contribution < -0.4 is 5.32 Å². The van der Waals surface area contributed by atoms with Gasteiger partial charge in [-0.05, 0) is 63.8 Å². The molecule has 1 atom stereocenters. The first-order valence-electron chi connectivity index (χ1n) is 8.18. The zero-order chi connectivity index (χ0) is 12.8. The van der Waals surface area contributed by atoms with E-state index in [1.165, 1.54) is 57.9 Å². The molecule has 2 rings (SSSR count). The lowest BCUT2D eigenvalue weighted by Crippen LogP contribution is -2.41. The van der Waals surface area contributed by atoms with E-state index in [9.17, 15) is 0 Å². The van der Waals surface area contributed by atoms with E-state index < -0.39 is 0 Å². The summed E-state index contributed by atoms with van der Waals surface area (Å²) in [4.78, 5) is 0. The van der Waals surface area contributed by atoms with E-state index in [4.69, 9.17) is 4.74 Å². The predicted molar refractivity (Wildman–Crippen MR) is 76.8 cm³/mol. The van der Waals surface area contributed by atoms with Crippen molar-refractivity contribution < 1.29 is 4.74 Å². The second-order valence-electron chi connectivity index (χ2n) is 6.26. The Hall–Kier alpha value is -0.0800. The van der Waals surface area contributed by atoms with Crippen LogP contribution in [0.5, 0.6) is 0 Å². The van der Waals surface area contributed by atoms with Crippen molar-refractivity contribution in [1.29, 1.82) is 0 Å². The molecule has 1 N–H and O–H groups in total. The molecule has 0 spiro atoms. The molecule has 18 heavy (non-hydrogen) atoms. The number of rotatable bonds is 8. The number of ether oxygens (including phenoxy) is 1. The lowest BCUT2D eigenvalue weighted by atomic mass is 9.76. The first kappa shape index (κ1) is 14.3. The van der Waals surface area contributed by atoms with Crippen molar-refractivity contribution in [2.24, 2.45) is 11.8 Å². The Balaban J connectivity index is 1.71. The molecule has 2 aliphatic rings. The van der Waals surface area contributed by atoms with Gasteiger partial charge in [-0.2, -0.15) is 0 Å². The average Bonchev–Trinajstić information content (AvgIpc) is 2.84. The highest BCUT2D eigenvalue weighted by atomic mass is 16.5. The first-order chi connectivity index (χ1) is 8.83. The van der Waals surface area contributed by atoms with Crippen LogP contribution in [-0.2, 0) is 4.74 Å². The topological polar surface area (TPSA) is 21.3 Å². The number of nitrogens with one attached hydrogen (secondary N) is 1. The number of hydrogen-bond acceptors (Lipinski definition) is 2. The normalized spacial score (nSPS) is 30.3. The highest BCUT2D eigenvalue weighted by Crippen LogP contribution is 2.37. The van der Waals surface area contributed by atoms with E-state index in [1.807, 2.05) is 0 Å². The Morgan fingerprint density at radius 1 is 1.17 bits per heavy atom. The van der Waals surface area contributed by atoms with Gasteiger partial charge in [-0.15, -0.1) is 0 Å². The van der Waals surface area contributed by atoms with Crippen LogP contribution in [-0.4, -0.2) is 25.3 Å². The maximum Gasteiger partial charge on any atom is 0.0580 e. The summed E-state index contributed by atoms with van der Waals surface area (Å²) in [6, 6.07) is 0.792. The summed E-state index contributed by atoms with van der Waals surface area (Å²) in [5.41, 5.74) is 0. The van der Waals surface area contributed by atoms with Crippen LogP contribution in [0.4, 0.5) is 0 Å². The Kier molecular flexibility index (Phi) is 5.97. The van der Waals surface area contributed by atoms with E-state index in [0.29, 0.717) is 6.10 Å². The summed E-state index contributed by atoms with van der Waals surface area (Å²) in [6.45, 7) is 6.46. The lowest BCUT2D eigenvalue weighted by Gasteiger charge is -2.38. The van der Waals surface area contributed by atoms with Crippen LogP contribution in [0.1, 0.15) is 65.2 Å². The van der Waals surface area contributed by atoms with E-state index in [0.717, 1.165) is 24.5 Å². The van der Waals surface area contributed by atoms with Crippen molar-refractivity contribution in [2.75, 3.05) is 13.2 Å². The second kappa shape index (κ2) is 7.49. The zero-order valence-electron chi connectivity index (χ0n) is 12.3. The molecule has 106 valence electrons. The summed E-state index contributed by atoms with van der Waals surface area (Å²) in [5.74, 6) is 1.89. The Labute approximate surface area is 113 Å². The molecule has 0 amide bonds. The van der Waals surface area contributed by atoms with Crippen LogP contribution >= 0.6 is 0 Å². The largest absolute Gasteiger partial charge is 0.378 e. The number of hydrogen-bond donors (Lipinski definition) is 1. The van der Waals surface area contributed by atoms with E-state index in [1.54, 1.807) is 0 Å². The minimum Gasteiger partial charge on any atom is -0.378 e. The van der Waals surface area contributed by atoms with Crippen molar-refractivity contribution in [3.63, 3.8) is 0 Å². The predicted octanol–water partition coefficient (Wildman–Crippen LogP) is 3.75. The molecular weight excluding hydrogens is 222 g/mol. The smallest absolute Gasteiger partial charge is 0.0580 e. The minimum absolute atomic E-state index is 0.579. The standard InChI is InChI=1S/C16H31NO/c1-3-9-17-16(14-7-5-6-8-14)12-13-10-15(11-13)18-4-2/h13-17H,3-12H2,1-2H3. The molecule has 2 fully saturated rings. The van der Waals surface area contributed by atoms with Crippen molar-refractivity contribution in [1.82, 2.24) is 5.32 Å². The molecule has 0 aliphatic heterocycles. The van der Waals surface area contributed by atoms with Gasteiger partial charge in [0, 0.05) is 12.6 Å². The van der Waals surface area contributed by atoms with E-state index >= 15 is 0 Å². The van der Waals surface area contributed by atoms with Gasteiger partial charge in [-0.3, -0.25) is 0 Å². The fraction of sp³-hybridized carbons (Fsp3) is 1.00. The zero-order valence-corrected chi connectivity index (χ0v) is 12.3. The van der Waals surface area contributed by atoms with Gasteiger partial charge in [0.05, 0.1) is 6.10 Å². The summed E-state index contributed by atoms with van der Waals surface area (Å²) in [6.07, 6.45) is 11.7. The fourth-order valence-electron chi connectivity index (χ4n) is 3.73. The van der Waals surface area contributed by atoms with E-state index in [2.05, 4.69) is 19.2 Å². The summed E-state index contributed by atoms with van der Waals surface area (Å²) in [5, 5.41) is 3.82. The second-order valence-corrected chi connectivity index (χ2v) is 6.26. The molecule has 2 nitrogen and oxygen atoms in total. The first-order valence-corrected chi connectivity index (χ1v) is 8.18. The van der Waals surface area contributed by atoms with E-state index in [-0.39, 0.29) is 0 Å². The summed E-state index contributed by atoms with van der Waals surface area (Å²) >= 11 is 0. The Bertz CT molecular complexity index is 219. The van der Waals surface area contributed by atoms with Crippen LogP contribution in [0.2, 0.25) is 0 Å².